The average Bonchev–Trinajstić information content (AvgIpc) is 1.98. The number of rotatable bonds is 7. The summed E-state index contributed by atoms with van der Waals surface area (Å²) < 4.78 is 4.98. The summed E-state index contributed by atoms with van der Waals surface area (Å²) >= 11 is 0. The fourth-order valence-electron chi connectivity index (χ4n) is 1.47. The van der Waals surface area contributed by atoms with Crippen LogP contribution in [0.2, 0.25) is 0 Å². The first-order chi connectivity index (χ1) is 5.62. The Kier molecular flexibility index (Phi) is 6.39. The maximum Gasteiger partial charge on any atom is 0.0462 e. The minimum absolute atomic E-state index is 0.0441. The van der Waals surface area contributed by atoms with Crippen LogP contribution in [-0.2, 0) is 4.74 Å². The minimum atomic E-state index is 0.0441. The van der Waals surface area contributed by atoms with Gasteiger partial charge in [-0.15, -0.1) is 0 Å². The van der Waals surface area contributed by atoms with E-state index < -0.39 is 0 Å². The normalized spacial score (nSPS) is 16.0. The van der Waals surface area contributed by atoms with Crippen molar-refractivity contribution >= 4 is 0 Å². The third-order valence-corrected chi connectivity index (χ3v) is 2.17. The highest BCUT2D eigenvalue weighted by Gasteiger charge is 2.15. The van der Waals surface area contributed by atoms with Gasteiger partial charge >= 0.3 is 0 Å². The lowest BCUT2D eigenvalue weighted by molar-refractivity contribution is 0.189. The van der Waals surface area contributed by atoms with Crippen LogP contribution in [0.25, 0.3) is 0 Å². The van der Waals surface area contributed by atoms with Crippen LogP contribution >= 0.6 is 0 Å². The Balaban J connectivity index is 3.33. The van der Waals surface area contributed by atoms with E-state index in [1.54, 1.807) is 7.11 Å². The zero-order valence-electron chi connectivity index (χ0n) is 8.73. The predicted octanol–water partition coefficient (Wildman–Crippen LogP) is 2.32. The molecule has 0 aromatic carbocycles. The first-order valence-electron chi connectivity index (χ1n) is 4.90. The maximum atomic E-state index is 6.07. The second-order valence-corrected chi connectivity index (χ2v) is 3.85. The third kappa shape index (κ3) is 6.62. The van der Waals surface area contributed by atoms with E-state index in [2.05, 4.69) is 13.8 Å². The highest BCUT2D eigenvalue weighted by atomic mass is 16.5. The molecule has 2 heteroatoms. The van der Waals surface area contributed by atoms with Gasteiger partial charge in [-0.1, -0.05) is 13.3 Å². The van der Waals surface area contributed by atoms with E-state index in [9.17, 15) is 0 Å². The number of unbranched alkanes of at least 4 members (excludes halogenated alkanes) is 1. The Bertz CT molecular complexity index is 102. The monoisotopic (exact) mass is 173 g/mol. The molecule has 0 amide bonds. The number of methoxy groups -OCH3 is 1. The van der Waals surface area contributed by atoms with Crippen molar-refractivity contribution in [3.63, 3.8) is 0 Å². The van der Waals surface area contributed by atoms with E-state index in [0.29, 0.717) is 0 Å². The summed E-state index contributed by atoms with van der Waals surface area (Å²) in [6.07, 6.45) is 5.73. The van der Waals surface area contributed by atoms with Gasteiger partial charge in [-0.25, -0.2) is 0 Å². The summed E-state index contributed by atoms with van der Waals surface area (Å²) in [6.45, 7) is 5.19. The Labute approximate surface area is 76.5 Å². The first kappa shape index (κ1) is 11.9. The van der Waals surface area contributed by atoms with Gasteiger partial charge in [-0.2, -0.15) is 0 Å². The molecule has 0 aromatic rings. The van der Waals surface area contributed by atoms with Gasteiger partial charge in [-0.05, 0) is 32.6 Å². The van der Waals surface area contributed by atoms with Crippen molar-refractivity contribution < 1.29 is 4.74 Å². The van der Waals surface area contributed by atoms with Crippen LogP contribution < -0.4 is 5.73 Å². The summed E-state index contributed by atoms with van der Waals surface area (Å²) in [4.78, 5) is 0. The molecule has 74 valence electrons. The summed E-state index contributed by atoms with van der Waals surface area (Å²) in [7, 11) is 1.74. The Hall–Kier alpha value is -0.0800. The van der Waals surface area contributed by atoms with Gasteiger partial charge in [-0.3, -0.25) is 0 Å². The molecule has 0 aliphatic heterocycles. The molecular weight excluding hydrogens is 150 g/mol. The molecule has 0 rings (SSSR count). The molecule has 1 unspecified atom stereocenters. The second kappa shape index (κ2) is 6.44. The van der Waals surface area contributed by atoms with Crippen molar-refractivity contribution in [2.24, 2.45) is 5.73 Å². The summed E-state index contributed by atoms with van der Waals surface area (Å²) in [5, 5.41) is 0. The van der Waals surface area contributed by atoms with Crippen molar-refractivity contribution in [3.05, 3.63) is 0 Å². The lowest BCUT2D eigenvalue weighted by Gasteiger charge is -2.23. The molecule has 0 saturated heterocycles. The van der Waals surface area contributed by atoms with Crippen LogP contribution in [-0.4, -0.2) is 19.3 Å². The Morgan fingerprint density at radius 1 is 1.25 bits per heavy atom. The summed E-state index contributed by atoms with van der Waals surface area (Å²) in [5.41, 5.74) is 6.11. The lowest BCUT2D eigenvalue weighted by atomic mass is 9.91. The SMILES string of the molecule is CCCC(C)(N)CCCCOC. The topological polar surface area (TPSA) is 35.2 Å². The Morgan fingerprint density at radius 3 is 2.42 bits per heavy atom. The van der Waals surface area contributed by atoms with Crippen LogP contribution in [0.3, 0.4) is 0 Å². The molecule has 0 aliphatic rings. The quantitative estimate of drug-likeness (QED) is 0.600. The van der Waals surface area contributed by atoms with Gasteiger partial charge in [0.15, 0.2) is 0 Å². The van der Waals surface area contributed by atoms with Gasteiger partial charge in [0.2, 0.25) is 0 Å². The number of nitrogens with two attached hydrogens (primary N) is 1. The highest BCUT2D eigenvalue weighted by Crippen LogP contribution is 2.16. The molecule has 0 spiro atoms. The van der Waals surface area contributed by atoms with E-state index in [4.69, 9.17) is 10.5 Å². The fourth-order valence-corrected chi connectivity index (χ4v) is 1.47. The average molecular weight is 173 g/mol. The van der Waals surface area contributed by atoms with Gasteiger partial charge < -0.3 is 10.5 Å². The van der Waals surface area contributed by atoms with Crippen LogP contribution in [0.4, 0.5) is 0 Å². The van der Waals surface area contributed by atoms with E-state index in [-0.39, 0.29) is 5.54 Å². The fraction of sp³-hybridized carbons (Fsp3) is 1.00. The molecule has 2 N–H and O–H groups in total. The molecule has 0 fully saturated rings. The highest BCUT2D eigenvalue weighted by molar-refractivity contribution is 4.77. The molecule has 2 nitrogen and oxygen atoms in total. The molecule has 0 heterocycles. The van der Waals surface area contributed by atoms with Crippen LogP contribution in [0, 0.1) is 0 Å². The molecule has 0 saturated carbocycles. The molecule has 0 bridgehead atoms. The van der Waals surface area contributed by atoms with Crippen molar-refractivity contribution in [1.29, 1.82) is 0 Å². The summed E-state index contributed by atoms with van der Waals surface area (Å²) in [6, 6.07) is 0. The van der Waals surface area contributed by atoms with Gasteiger partial charge in [0.25, 0.3) is 0 Å². The van der Waals surface area contributed by atoms with Gasteiger partial charge in [0.05, 0.1) is 0 Å². The van der Waals surface area contributed by atoms with Crippen LogP contribution in [0.1, 0.15) is 46.0 Å². The number of ether oxygens (including phenoxy) is 1. The van der Waals surface area contributed by atoms with Crippen molar-refractivity contribution in [2.45, 2.75) is 51.5 Å². The molecule has 0 radical (unpaired) electrons. The van der Waals surface area contributed by atoms with Crippen molar-refractivity contribution in [3.8, 4) is 0 Å². The lowest BCUT2D eigenvalue weighted by Crippen LogP contribution is -2.35. The summed E-state index contributed by atoms with van der Waals surface area (Å²) in [5.74, 6) is 0. The number of hydrogen-bond acceptors (Lipinski definition) is 2. The van der Waals surface area contributed by atoms with E-state index in [1.807, 2.05) is 0 Å². The Morgan fingerprint density at radius 2 is 1.92 bits per heavy atom. The molecular formula is C10H23NO. The smallest absolute Gasteiger partial charge is 0.0462 e. The largest absolute Gasteiger partial charge is 0.385 e. The van der Waals surface area contributed by atoms with Gasteiger partial charge in [0, 0.05) is 19.3 Å². The third-order valence-electron chi connectivity index (χ3n) is 2.17. The van der Waals surface area contributed by atoms with Crippen LogP contribution in [0.5, 0.6) is 0 Å². The van der Waals surface area contributed by atoms with E-state index >= 15 is 0 Å². The molecule has 0 aliphatic carbocycles. The zero-order chi connectivity index (χ0) is 9.45. The number of hydrogen-bond donors (Lipinski definition) is 1. The van der Waals surface area contributed by atoms with Crippen molar-refractivity contribution in [2.75, 3.05) is 13.7 Å². The van der Waals surface area contributed by atoms with E-state index in [0.717, 1.165) is 25.9 Å². The van der Waals surface area contributed by atoms with Gasteiger partial charge in [0.1, 0.15) is 0 Å². The van der Waals surface area contributed by atoms with Crippen LogP contribution in [0.15, 0.2) is 0 Å². The minimum Gasteiger partial charge on any atom is -0.385 e. The van der Waals surface area contributed by atoms with Crippen molar-refractivity contribution in [1.82, 2.24) is 0 Å². The molecule has 0 aromatic heterocycles. The first-order valence-corrected chi connectivity index (χ1v) is 4.90. The molecule has 1 atom stereocenters. The predicted molar refractivity (Wildman–Crippen MR) is 53.2 cm³/mol. The zero-order valence-corrected chi connectivity index (χ0v) is 8.73. The second-order valence-electron chi connectivity index (χ2n) is 3.85. The maximum absolute atomic E-state index is 6.07. The molecule has 12 heavy (non-hydrogen) atoms. The van der Waals surface area contributed by atoms with E-state index in [1.165, 1.54) is 12.8 Å². The standard InChI is InChI=1S/C10H23NO/c1-4-7-10(2,11)8-5-6-9-12-3/h4-9,11H2,1-3H3.